The molecule has 0 aliphatic carbocycles. The number of amides is 2. The number of nitrogens with zero attached hydrogens (tertiary/aromatic N) is 2. The predicted octanol–water partition coefficient (Wildman–Crippen LogP) is 3.29. The summed E-state index contributed by atoms with van der Waals surface area (Å²) in [6.07, 6.45) is 6.45. The summed E-state index contributed by atoms with van der Waals surface area (Å²) in [5.74, 6) is 1.58. The molecule has 2 saturated heterocycles. The molecule has 0 atom stereocenters. The lowest BCUT2D eigenvalue weighted by atomic mass is 9.94. The highest BCUT2D eigenvalue weighted by Crippen LogP contribution is 2.38. The Morgan fingerprint density at radius 1 is 0.931 bits per heavy atom. The van der Waals surface area contributed by atoms with Crippen LogP contribution < -0.4 is 9.47 Å². The van der Waals surface area contributed by atoms with Crippen LogP contribution in [0.15, 0.2) is 12.1 Å². The van der Waals surface area contributed by atoms with E-state index in [4.69, 9.17) is 21.1 Å². The van der Waals surface area contributed by atoms with E-state index < -0.39 is 0 Å². The molecule has 6 nitrogen and oxygen atoms in total. The molecule has 4 rings (SSSR count). The third-order valence-corrected chi connectivity index (χ3v) is 6.41. The normalized spacial score (nSPS) is 20.3. The number of piperidine rings is 1. The fourth-order valence-corrected chi connectivity index (χ4v) is 4.77. The van der Waals surface area contributed by atoms with Crippen LogP contribution >= 0.6 is 11.6 Å². The van der Waals surface area contributed by atoms with Gasteiger partial charge in [-0.25, -0.2) is 0 Å². The van der Waals surface area contributed by atoms with E-state index in [-0.39, 0.29) is 24.2 Å². The van der Waals surface area contributed by atoms with E-state index in [0.717, 1.165) is 44.3 Å². The smallest absolute Gasteiger partial charge is 0.226 e. The van der Waals surface area contributed by atoms with Crippen molar-refractivity contribution in [2.24, 2.45) is 5.92 Å². The minimum Gasteiger partial charge on any atom is -0.486 e. The average Bonchev–Trinajstić information content (AvgIpc) is 3.03. The molecule has 29 heavy (non-hydrogen) atoms. The van der Waals surface area contributed by atoms with Gasteiger partial charge in [-0.1, -0.05) is 24.4 Å². The van der Waals surface area contributed by atoms with E-state index in [1.54, 1.807) is 6.07 Å². The summed E-state index contributed by atoms with van der Waals surface area (Å²) in [5, 5.41) is 0.478. The number of ether oxygens (including phenoxy) is 2. The molecular formula is C22H29ClN2O4. The standard InChI is InChI=1S/C22H29ClN2O4/c23-18-13-16(14-19-21(18)29-12-11-28-19)15-20(26)24-9-5-17(6-10-24)22(27)25-7-3-1-2-4-8-25/h13-14,17H,1-12,15H2. The quantitative estimate of drug-likeness (QED) is 0.752. The molecule has 1 aromatic rings. The van der Waals surface area contributed by atoms with E-state index in [0.29, 0.717) is 42.8 Å². The Labute approximate surface area is 177 Å². The molecule has 3 aliphatic rings. The summed E-state index contributed by atoms with van der Waals surface area (Å²) in [5.41, 5.74) is 0.826. The van der Waals surface area contributed by atoms with Crippen molar-refractivity contribution in [1.82, 2.24) is 9.80 Å². The molecule has 3 heterocycles. The minimum atomic E-state index is 0.0564. The first-order chi connectivity index (χ1) is 14.1. The molecule has 2 fully saturated rings. The average molecular weight is 421 g/mol. The van der Waals surface area contributed by atoms with Crippen molar-refractivity contribution < 1.29 is 19.1 Å². The monoisotopic (exact) mass is 420 g/mol. The minimum absolute atomic E-state index is 0.0564. The highest BCUT2D eigenvalue weighted by Gasteiger charge is 2.30. The number of fused-ring (bicyclic) bond motifs is 1. The highest BCUT2D eigenvalue weighted by molar-refractivity contribution is 6.32. The van der Waals surface area contributed by atoms with Gasteiger partial charge in [0.15, 0.2) is 11.5 Å². The van der Waals surface area contributed by atoms with E-state index in [1.807, 2.05) is 15.9 Å². The number of hydrogen-bond donors (Lipinski definition) is 0. The van der Waals surface area contributed by atoms with Crippen molar-refractivity contribution in [2.45, 2.75) is 44.9 Å². The summed E-state index contributed by atoms with van der Waals surface area (Å²) in [6.45, 7) is 4.03. The van der Waals surface area contributed by atoms with Gasteiger partial charge in [0.1, 0.15) is 13.2 Å². The van der Waals surface area contributed by atoms with Crippen molar-refractivity contribution >= 4 is 23.4 Å². The molecule has 2 amide bonds. The van der Waals surface area contributed by atoms with E-state index in [9.17, 15) is 9.59 Å². The molecule has 0 aromatic heterocycles. The number of hydrogen-bond acceptors (Lipinski definition) is 4. The van der Waals surface area contributed by atoms with Crippen molar-refractivity contribution in [3.63, 3.8) is 0 Å². The first-order valence-electron chi connectivity index (χ1n) is 10.8. The van der Waals surface area contributed by atoms with Gasteiger partial charge in [-0.3, -0.25) is 9.59 Å². The zero-order valence-corrected chi connectivity index (χ0v) is 17.6. The molecule has 0 unspecified atom stereocenters. The van der Waals surface area contributed by atoms with Gasteiger partial charge in [-0.2, -0.15) is 0 Å². The van der Waals surface area contributed by atoms with Crippen LogP contribution in [0.25, 0.3) is 0 Å². The number of rotatable bonds is 3. The van der Waals surface area contributed by atoms with Gasteiger partial charge >= 0.3 is 0 Å². The molecule has 158 valence electrons. The van der Waals surface area contributed by atoms with Crippen LogP contribution in [0.5, 0.6) is 11.5 Å². The van der Waals surface area contributed by atoms with Gasteiger partial charge in [-0.05, 0) is 43.4 Å². The zero-order chi connectivity index (χ0) is 20.2. The second-order valence-corrected chi connectivity index (χ2v) is 8.58. The number of benzene rings is 1. The van der Waals surface area contributed by atoms with E-state index in [2.05, 4.69) is 0 Å². The summed E-state index contributed by atoms with van der Waals surface area (Å²) in [4.78, 5) is 29.5. The molecule has 0 bridgehead atoms. The maximum atomic E-state index is 12.8. The van der Waals surface area contributed by atoms with Crippen LogP contribution in [0.4, 0.5) is 0 Å². The fraction of sp³-hybridized carbons (Fsp3) is 0.636. The van der Waals surface area contributed by atoms with Gasteiger partial charge in [0.2, 0.25) is 11.8 Å². The van der Waals surface area contributed by atoms with Gasteiger partial charge < -0.3 is 19.3 Å². The van der Waals surface area contributed by atoms with Crippen LogP contribution in [0, 0.1) is 5.92 Å². The number of likely N-dealkylation sites (tertiary alicyclic amines) is 2. The number of carbonyl (C=O) groups excluding carboxylic acids is 2. The predicted molar refractivity (Wildman–Crippen MR) is 110 cm³/mol. The van der Waals surface area contributed by atoms with Crippen LogP contribution in [-0.4, -0.2) is 61.0 Å². The molecule has 1 aromatic carbocycles. The molecule has 0 N–H and O–H groups in total. The number of carbonyl (C=O) groups is 2. The summed E-state index contributed by atoms with van der Waals surface area (Å²) in [7, 11) is 0. The van der Waals surface area contributed by atoms with Crippen molar-refractivity contribution in [3.8, 4) is 11.5 Å². The van der Waals surface area contributed by atoms with Crippen LogP contribution in [0.3, 0.4) is 0 Å². The Bertz CT molecular complexity index is 753. The lowest BCUT2D eigenvalue weighted by molar-refractivity contribution is -0.140. The third-order valence-electron chi connectivity index (χ3n) is 6.13. The first kappa shape index (κ1) is 20.3. The Morgan fingerprint density at radius 2 is 1.62 bits per heavy atom. The molecule has 0 saturated carbocycles. The Kier molecular flexibility index (Phi) is 6.48. The van der Waals surface area contributed by atoms with Gasteiger partial charge in [0.25, 0.3) is 0 Å². The maximum absolute atomic E-state index is 12.8. The second kappa shape index (κ2) is 9.24. The molecule has 0 spiro atoms. The summed E-state index contributed by atoms with van der Waals surface area (Å²) < 4.78 is 11.1. The lowest BCUT2D eigenvalue weighted by Crippen LogP contribution is -2.45. The van der Waals surface area contributed by atoms with Crippen LogP contribution in [0.2, 0.25) is 5.02 Å². The first-order valence-corrected chi connectivity index (χ1v) is 11.1. The Hall–Kier alpha value is -1.95. The van der Waals surface area contributed by atoms with E-state index >= 15 is 0 Å². The van der Waals surface area contributed by atoms with Gasteiger partial charge in [0, 0.05) is 32.1 Å². The lowest BCUT2D eigenvalue weighted by Gasteiger charge is -2.34. The Balaban J connectivity index is 1.31. The molecule has 3 aliphatic heterocycles. The number of halogens is 1. The summed E-state index contributed by atoms with van der Waals surface area (Å²) in [6, 6.07) is 3.62. The molecule has 7 heteroatoms. The maximum Gasteiger partial charge on any atom is 0.226 e. The van der Waals surface area contributed by atoms with Crippen LogP contribution in [-0.2, 0) is 16.0 Å². The Morgan fingerprint density at radius 3 is 2.34 bits per heavy atom. The van der Waals surface area contributed by atoms with E-state index in [1.165, 1.54) is 12.8 Å². The van der Waals surface area contributed by atoms with Gasteiger partial charge in [-0.15, -0.1) is 0 Å². The molecular weight excluding hydrogens is 392 g/mol. The SMILES string of the molecule is O=C(Cc1cc(Cl)c2c(c1)OCCO2)N1CCC(C(=O)N2CCCCCC2)CC1. The largest absolute Gasteiger partial charge is 0.486 e. The third kappa shape index (κ3) is 4.80. The zero-order valence-electron chi connectivity index (χ0n) is 16.8. The van der Waals surface area contributed by atoms with Crippen LogP contribution in [0.1, 0.15) is 44.1 Å². The van der Waals surface area contributed by atoms with Crippen molar-refractivity contribution in [3.05, 3.63) is 22.7 Å². The topological polar surface area (TPSA) is 59.1 Å². The van der Waals surface area contributed by atoms with Gasteiger partial charge in [0.05, 0.1) is 11.4 Å². The highest BCUT2D eigenvalue weighted by atomic mass is 35.5. The summed E-state index contributed by atoms with van der Waals surface area (Å²) >= 11 is 6.28. The fourth-order valence-electron chi connectivity index (χ4n) is 4.48. The van der Waals surface area contributed by atoms with Crippen molar-refractivity contribution in [1.29, 1.82) is 0 Å². The second-order valence-electron chi connectivity index (χ2n) is 8.17. The molecule has 0 radical (unpaired) electrons. The van der Waals surface area contributed by atoms with Crippen molar-refractivity contribution in [2.75, 3.05) is 39.4 Å².